The third kappa shape index (κ3) is 3.12. The zero-order valence-electron chi connectivity index (χ0n) is 10.4. The molecule has 94 valence electrons. The van der Waals surface area contributed by atoms with E-state index < -0.39 is 0 Å². The average Bonchev–Trinajstić information content (AvgIpc) is 2.55. The summed E-state index contributed by atoms with van der Waals surface area (Å²) >= 11 is 0. The second-order valence-corrected chi connectivity index (χ2v) is 4.74. The van der Waals surface area contributed by atoms with Crippen LogP contribution < -0.4 is 4.90 Å². The molecular formula is C12H19FN4. The van der Waals surface area contributed by atoms with Gasteiger partial charge in [0.2, 0.25) is 5.95 Å². The van der Waals surface area contributed by atoms with Gasteiger partial charge in [-0.15, -0.1) is 0 Å². The molecular weight excluding hydrogens is 219 g/mol. The quantitative estimate of drug-likeness (QED) is 0.782. The maximum Gasteiger partial charge on any atom is 0.225 e. The van der Waals surface area contributed by atoms with Crippen LogP contribution in [0.15, 0.2) is 12.4 Å². The molecule has 0 aromatic carbocycles. The van der Waals surface area contributed by atoms with Crippen LogP contribution in [0, 0.1) is 5.82 Å². The summed E-state index contributed by atoms with van der Waals surface area (Å²) in [5.41, 5.74) is 0. The molecule has 2 rings (SSSR count). The fourth-order valence-electron chi connectivity index (χ4n) is 2.26. The predicted molar refractivity (Wildman–Crippen MR) is 65.5 cm³/mol. The normalized spacial score (nSPS) is 21.6. The van der Waals surface area contributed by atoms with Gasteiger partial charge in [-0.05, 0) is 33.4 Å². The molecule has 5 heteroatoms. The molecule has 1 fully saturated rings. The van der Waals surface area contributed by atoms with E-state index in [0.29, 0.717) is 12.0 Å². The predicted octanol–water partition coefficient (Wildman–Crippen LogP) is 1.54. The summed E-state index contributed by atoms with van der Waals surface area (Å²) in [6.45, 7) is 1.89. The molecule has 1 saturated heterocycles. The van der Waals surface area contributed by atoms with E-state index in [1.54, 1.807) is 0 Å². The van der Waals surface area contributed by atoms with Crippen LogP contribution in [0.3, 0.4) is 0 Å². The second kappa shape index (κ2) is 5.40. The standard InChI is InChI=1S/C12H19FN4/c1-16(2)11-4-3-6-17(7-5-11)12-14-8-10(13)9-15-12/h8-9,11H,3-7H2,1-2H3/t11-/m0/s1. The first-order valence-electron chi connectivity index (χ1n) is 6.06. The van der Waals surface area contributed by atoms with Crippen molar-refractivity contribution < 1.29 is 4.39 Å². The van der Waals surface area contributed by atoms with Gasteiger partial charge in [0.05, 0.1) is 12.4 Å². The van der Waals surface area contributed by atoms with Gasteiger partial charge in [0.25, 0.3) is 0 Å². The third-order valence-electron chi connectivity index (χ3n) is 3.32. The van der Waals surface area contributed by atoms with Crippen molar-refractivity contribution in [2.24, 2.45) is 0 Å². The van der Waals surface area contributed by atoms with Gasteiger partial charge in [0, 0.05) is 19.1 Å². The lowest BCUT2D eigenvalue weighted by molar-refractivity contribution is 0.272. The smallest absolute Gasteiger partial charge is 0.225 e. The molecule has 0 spiro atoms. The van der Waals surface area contributed by atoms with Crippen molar-refractivity contribution in [3.05, 3.63) is 18.2 Å². The van der Waals surface area contributed by atoms with Gasteiger partial charge in [-0.25, -0.2) is 14.4 Å². The van der Waals surface area contributed by atoms with E-state index in [2.05, 4.69) is 33.9 Å². The number of rotatable bonds is 2. The molecule has 0 N–H and O–H groups in total. The summed E-state index contributed by atoms with van der Waals surface area (Å²) in [7, 11) is 4.24. The van der Waals surface area contributed by atoms with Crippen LogP contribution in [0.4, 0.5) is 10.3 Å². The van der Waals surface area contributed by atoms with Crippen LogP contribution in [-0.4, -0.2) is 48.1 Å². The highest BCUT2D eigenvalue weighted by Crippen LogP contribution is 2.17. The summed E-state index contributed by atoms with van der Waals surface area (Å²) < 4.78 is 12.8. The van der Waals surface area contributed by atoms with Crippen LogP contribution in [0.25, 0.3) is 0 Å². The van der Waals surface area contributed by atoms with E-state index in [1.165, 1.54) is 18.8 Å². The highest BCUT2D eigenvalue weighted by atomic mass is 19.1. The number of hydrogen-bond donors (Lipinski definition) is 0. The molecule has 1 aliphatic heterocycles. The van der Waals surface area contributed by atoms with Gasteiger partial charge in [0.15, 0.2) is 5.82 Å². The van der Waals surface area contributed by atoms with Crippen molar-refractivity contribution >= 4 is 5.95 Å². The molecule has 4 nitrogen and oxygen atoms in total. The lowest BCUT2D eigenvalue weighted by Gasteiger charge is -2.23. The highest BCUT2D eigenvalue weighted by Gasteiger charge is 2.19. The Kier molecular flexibility index (Phi) is 3.89. The largest absolute Gasteiger partial charge is 0.341 e. The molecule has 1 aromatic heterocycles. The third-order valence-corrected chi connectivity index (χ3v) is 3.32. The lowest BCUT2D eigenvalue weighted by atomic mass is 10.1. The number of anilines is 1. The molecule has 0 unspecified atom stereocenters. The second-order valence-electron chi connectivity index (χ2n) is 4.74. The van der Waals surface area contributed by atoms with E-state index in [4.69, 9.17) is 0 Å². The number of hydrogen-bond acceptors (Lipinski definition) is 4. The van der Waals surface area contributed by atoms with Crippen LogP contribution in [0.2, 0.25) is 0 Å². The maximum atomic E-state index is 12.8. The molecule has 0 aliphatic carbocycles. The van der Waals surface area contributed by atoms with E-state index in [0.717, 1.165) is 25.9 Å². The molecule has 1 atom stereocenters. The van der Waals surface area contributed by atoms with E-state index in [1.807, 2.05) is 0 Å². The van der Waals surface area contributed by atoms with Gasteiger partial charge in [0.1, 0.15) is 0 Å². The zero-order chi connectivity index (χ0) is 12.3. The molecule has 1 aliphatic rings. The van der Waals surface area contributed by atoms with Crippen molar-refractivity contribution in [2.45, 2.75) is 25.3 Å². The Bertz CT molecular complexity index is 352. The lowest BCUT2D eigenvalue weighted by Crippen LogP contribution is -2.30. The first kappa shape index (κ1) is 12.2. The van der Waals surface area contributed by atoms with Crippen molar-refractivity contribution in [3.63, 3.8) is 0 Å². The Balaban J connectivity index is 2.01. The summed E-state index contributed by atoms with van der Waals surface area (Å²) in [6.07, 6.45) is 5.90. The zero-order valence-corrected chi connectivity index (χ0v) is 10.4. The number of nitrogens with zero attached hydrogens (tertiary/aromatic N) is 4. The van der Waals surface area contributed by atoms with Crippen LogP contribution in [-0.2, 0) is 0 Å². The fourth-order valence-corrected chi connectivity index (χ4v) is 2.26. The Morgan fingerprint density at radius 2 is 1.94 bits per heavy atom. The van der Waals surface area contributed by atoms with Crippen molar-refractivity contribution in [1.29, 1.82) is 0 Å². The molecule has 2 heterocycles. The minimum absolute atomic E-state index is 0.380. The molecule has 0 bridgehead atoms. The van der Waals surface area contributed by atoms with Crippen LogP contribution in [0.5, 0.6) is 0 Å². The van der Waals surface area contributed by atoms with E-state index >= 15 is 0 Å². The Hall–Kier alpha value is -1.23. The van der Waals surface area contributed by atoms with Gasteiger partial charge in [-0.2, -0.15) is 0 Å². The average molecular weight is 238 g/mol. The Labute approximate surface area is 101 Å². The fraction of sp³-hybridized carbons (Fsp3) is 0.667. The first-order valence-corrected chi connectivity index (χ1v) is 6.06. The van der Waals surface area contributed by atoms with E-state index in [-0.39, 0.29) is 5.82 Å². The van der Waals surface area contributed by atoms with Crippen LogP contribution in [0.1, 0.15) is 19.3 Å². The monoisotopic (exact) mass is 238 g/mol. The summed E-state index contributed by atoms with van der Waals surface area (Å²) in [6, 6.07) is 0.625. The van der Waals surface area contributed by atoms with Gasteiger partial charge in [-0.1, -0.05) is 0 Å². The summed E-state index contributed by atoms with van der Waals surface area (Å²) in [4.78, 5) is 12.5. The Morgan fingerprint density at radius 1 is 1.24 bits per heavy atom. The summed E-state index contributed by atoms with van der Waals surface area (Å²) in [5.74, 6) is 0.264. The topological polar surface area (TPSA) is 32.3 Å². The van der Waals surface area contributed by atoms with Gasteiger partial charge >= 0.3 is 0 Å². The van der Waals surface area contributed by atoms with Gasteiger partial charge < -0.3 is 9.80 Å². The SMILES string of the molecule is CN(C)[C@H]1CCCN(c2ncc(F)cn2)CC1. The van der Waals surface area contributed by atoms with Crippen molar-refractivity contribution in [3.8, 4) is 0 Å². The number of aromatic nitrogens is 2. The number of halogens is 1. The minimum atomic E-state index is -0.380. The molecule has 1 aromatic rings. The molecule has 0 saturated carbocycles. The minimum Gasteiger partial charge on any atom is -0.341 e. The van der Waals surface area contributed by atoms with Crippen molar-refractivity contribution in [1.82, 2.24) is 14.9 Å². The molecule has 0 radical (unpaired) electrons. The molecule has 17 heavy (non-hydrogen) atoms. The van der Waals surface area contributed by atoms with Crippen molar-refractivity contribution in [2.75, 3.05) is 32.1 Å². The summed E-state index contributed by atoms with van der Waals surface area (Å²) in [5, 5.41) is 0. The highest BCUT2D eigenvalue weighted by molar-refractivity contribution is 5.28. The van der Waals surface area contributed by atoms with Crippen LogP contribution >= 0.6 is 0 Å². The first-order chi connectivity index (χ1) is 8.16. The van der Waals surface area contributed by atoms with Gasteiger partial charge in [-0.3, -0.25) is 0 Å². The Morgan fingerprint density at radius 3 is 2.59 bits per heavy atom. The van der Waals surface area contributed by atoms with E-state index in [9.17, 15) is 4.39 Å². The molecule has 0 amide bonds. The maximum absolute atomic E-state index is 12.8.